The molecule has 0 bridgehead atoms. The minimum absolute atomic E-state index is 0. The molecule has 1 aliphatic carbocycles. The van der Waals surface area contributed by atoms with E-state index in [9.17, 15) is 8.78 Å². The molecule has 1 saturated carbocycles. The second-order valence-electron chi connectivity index (χ2n) is 4.04. The van der Waals surface area contributed by atoms with Gasteiger partial charge in [0.1, 0.15) is 11.6 Å². The van der Waals surface area contributed by atoms with Crippen LogP contribution in [-0.4, -0.2) is 0 Å². The zero-order valence-electron chi connectivity index (χ0n) is 8.55. The molecule has 16 heavy (non-hydrogen) atoms. The third kappa shape index (κ3) is 2.84. The van der Waals surface area contributed by atoms with Crippen LogP contribution >= 0.6 is 24.0 Å². The first-order valence-electron chi connectivity index (χ1n) is 4.98. The summed E-state index contributed by atoms with van der Waals surface area (Å²) in [4.78, 5) is 0. The van der Waals surface area contributed by atoms with E-state index >= 15 is 0 Å². The molecule has 1 aliphatic rings. The average Bonchev–Trinajstić information content (AvgIpc) is 2.96. The second-order valence-corrected chi connectivity index (χ2v) is 4.45. The van der Waals surface area contributed by atoms with Crippen molar-refractivity contribution in [1.82, 2.24) is 0 Å². The molecule has 0 amide bonds. The van der Waals surface area contributed by atoms with Gasteiger partial charge in [-0.25, -0.2) is 8.78 Å². The van der Waals surface area contributed by atoms with Crippen molar-refractivity contribution in [2.45, 2.75) is 25.3 Å². The highest BCUT2D eigenvalue weighted by Gasteiger charge is 2.27. The van der Waals surface area contributed by atoms with Crippen molar-refractivity contribution in [2.24, 2.45) is 11.7 Å². The number of halogens is 4. The Bertz CT molecular complexity index is 380. The average molecular weight is 268 g/mol. The maximum atomic E-state index is 13.5. The normalized spacial score (nSPS) is 16.8. The Morgan fingerprint density at radius 1 is 1.38 bits per heavy atom. The fourth-order valence-electron chi connectivity index (χ4n) is 1.71. The number of benzene rings is 1. The van der Waals surface area contributed by atoms with Crippen LogP contribution < -0.4 is 5.73 Å². The molecule has 1 atom stereocenters. The van der Waals surface area contributed by atoms with Crippen molar-refractivity contribution in [3.05, 3.63) is 34.4 Å². The zero-order valence-corrected chi connectivity index (χ0v) is 10.1. The van der Waals surface area contributed by atoms with Crippen molar-refractivity contribution in [2.75, 3.05) is 0 Å². The van der Waals surface area contributed by atoms with Crippen molar-refractivity contribution >= 4 is 24.0 Å². The quantitative estimate of drug-likeness (QED) is 0.828. The first-order valence-corrected chi connectivity index (χ1v) is 5.36. The van der Waals surface area contributed by atoms with Gasteiger partial charge in [0.25, 0.3) is 0 Å². The van der Waals surface area contributed by atoms with Crippen LogP contribution in [0.1, 0.15) is 30.9 Å². The van der Waals surface area contributed by atoms with Crippen LogP contribution in [0.4, 0.5) is 8.78 Å². The smallest absolute Gasteiger partial charge is 0.149 e. The maximum absolute atomic E-state index is 13.5. The molecule has 1 fully saturated rings. The van der Waals surface area contributed by atoms with E-state index in [0.29, 0.717) is 12.3 Å². The molecule has 0 aromatic heterocycles. The van der Waals surface area contributed by atoms with Gasteiger partial charge in [-0.3, -0.25) is 0 Å². The molecule has 5 heteroatoms. The van der Waals surface area contributed by atoms with Crippen molar-refractivity contribution in [3.8, 4) is 0 Å². The molecule has 0 spiro atoms. The van der Waals surface area contributed by atoms with Crippen molar-refractivity contribution < 1.29 is 8.78 Å². The van der Waals surface area contributed by atoms with Crippen LogP contribution in [-0.2, 0) is 0 Å². The minimum Gasteiger partial charge on any atom is -0.324 e. The minimum atomic E-state index is -0.718. The van der Waals surface area contributed by atoms with Crippen LogP contribution in [0.5, 0.6) is 0 Å². The van der Waals surface area contributed by atoms with Crippen molar-refractivity contribution in [3.63, 3.8) is 0 Å². The van der Waals surface area contributed by atoms with Gasteiger partial charge in [-0.15, -0.1) is 12.4 Å². The number of nitrogens with two attached hydrogens (primary N) is 1. The van der Waals surface area contributed by atoms with Crippen LogP contribution in [0.3, 0.4) is 0 Å². The lowest BCUT2D eigenvalue weighted by atomic mass is 10.0. The predicted octanol–water partition coefficient (Wildman–Crippen LogP) is 3.84. The monoisotopic (exact) mass is 267 g/mol. The molecule has 1 aromatic rings. The molecule has 0 aliphatic heterocycles. The fraction of sp³-hybridized carbons (Fsp3) is 0.455. The van der Waals surface area contributed by atoms with Gasteiger partial charge in [0, 0.05) is 11.6 Å². The fourth-order valence-corrected chi connectivity index (χ4v) is 1.88. The number of hydrogen-bond donors (Lipinski definition) is 1. The Morgan fingerprint density at radius 3 is 2.56 bits per heavy atom. The van der Waals surface area contributed by atoms with E-state index in [1.54, 1.807) is 0 Å². The maximum Gasteiger partial charge on any atom is 0.149 e. The lowest BCUT2D eigenvalue weighted by Gasteiger charge is -2.14. The Kier molecular flexibility index (Phi) is 4.53. The predicted molar refractivity (Wildman–Crippen MR) is 62.9 cm³/mol. The first kappa shape index (κ1) is 13.7. The van der Waals surface area contributed by atoms with E-state index in [0.717, 1.165) is 18.9 Å². The largest absolute Gasteiger partial charge is 0.324 e. The van der Waals surface area contributed by atoms with Gasteiger partial charge in [0.2, 0.25) is 0 Å². The molecule has 1 nitrogen and oxygen atoms in total. The van der Waals surface area contributed by atoms with Crippen LogP contribution in [0.25, 0.3) is 0 Å². The molecule has 0 unspecified atom stereocenters. The molecular weight excluding hydrogens is 255 g/mol. The highest BCUT2D eigenvalue weighted by molar-refractivity contribution is 6.30. The SMILES string of the molecule is Cl.N[C@@H](CC1CC1)c1c(F)ccc(Cl)c1F. The van der Waals surface area contributed by atoms with Crippen molar-refractivity contribution in [1.29, 1.82) is 0 Å². The van der Waals surface area contributed by atoms with E-state index in [1.165, 1.54) is 6.07 Å². The summed E-state index contributed by atoms with van der Waals surface area (Å²) in [5, 5.41) is -0.0716. The Morgan fingerprint density at radius 2 is 2.00 bits per heavy atom. The highest BCUT2D eigenvalue weighted by Crippen LogP contribution is 2.38. The van der Waals surface area contributed by atoms with Gasteiger partial charge < -0.3 is 5.73 Å². The number of hydrogen-bond acceptors (Lipinski definition) is 1. The van der Waals surface area contributed by atoms with Gasteiger partial charge in [-0.1, -0.05) is 24.4 Å². The van der Waals surface area contributed by atoms with Crippen LogP contribution in [0.15, 0.2) is 12.1 Å². The summed E-state index contributed by atoms with van der Waals surface area (Å²) in [7, 11) is 0. The summed E-state index contributed by atoms with van der Waals surface area (Å²) < 4.78 is 26.9. The molecule has 0 heterocycles. The van der Waals surface area contributed by atoms with Crippen LogP contribution in [0, 0.1) is 17.6 Å². The molecule has 90 valence electrons. The van der Waals surface area contributed by atoms with E-state index < -0.39 is 17.7 Å². The summed E-state index contributed by atoms with van der Waals surface area (Å²) in [6, 6.07) is 1.78. The number of rotatable bonds is 3. The lowest BCUT2D eigenvalue weighted by Crippen LogP contribution is -2.15. The van der Waals surface area contributed by atoms with E-state index in [1.807, 2.05) is 0 Å². The molecule has 2 rings (SSSR count). The lowest BCUT2D eigenvalue weighted by molar-refractivity contribution is 0.499. The van der Waals surface area contributed by atoms with E-state index in [4.69, 9.17) is 17.3 Å². The van der Waals surface area contributed by atoms with Gasteiger partial charge in [-0.2, -0.15) is 0 Å². The summed E-state index contributed by atoms with van der Waals surface area (Å²) in [5.74, 6) is -0.798. The zero-order chi connectivity index (χ0) is 11.0. The first-order chi connectivity index (χ1) is 7.09. The standard InChI is InChI=1S/C11H12ClF2N.ClH/c12-7-3-4-8(13)10(11(7)14)9(15)5-6-1-2-6;/h3-4,6,9H,1-2,5,15H2;1H/t9-;/m0./s1. The molecule has 0 radical (unpaired) electrons. The van der Waals surface area contributed by atoms with E-state index in [2.05, 4.69) is 0 Å². The molecule has 2 N–H and O–H groups in total. The van der Waals surface area contributed by atoms with E-state index in [-0.39, 0.29) is 23.0 Å². The van der Waals surface area contributed by atoms with Gasteiger partial charge >= 0.3 is 0 Å². The summed E-state index contributed by atoms with van der Waals surface area (Å²) in [6.45, 7) is 0. The summed E-state index contributed by atoms with van der Waals surface area (Å²) in [5.41, 5.74) is 5.69. The third-order valence-electron chi connectivity index (χ3n) is 2.73. The van der Waals surface area contributed by atoms with Crippen LogP contribution in [0.2, 0.25) is 5.02 Å². The molecular formula is C11H13Cl2F2N. The molecule has 0 saturated heterocycles. The summed E-state index contributed by atoms with van der Waals surface area (Å²) >= 11 is 5.58. The molecule has 1 aromatic carbocycles. The van der Waals surface area contributed by atoms with Gasteiger partial charge in [0.15, 0.2) is 0 Å². The topological polar surface area (TPSA) is 26.0 Å². The third-order valence-corrected chi connectivity index (χ3v) is 3.03. The van der Waals surface area contributed by atoms with Gasteiger partial charge in [-0.05, 0) is 24.5 Å². The Labute approximate surface area is 104 Å². The highest BCUT2D eigenvalue weighted by atomic mass is 35.5. The van der Waals surface area contributed by atoms with Gasteiger partial charge in [0.05, 0.1) is 5.02 Å². The second kappa shape index (κ2) is 5.30. The Balaban J connectivity index is 0.00000128. The Hall–Kier alpha value is -0.380. The summed E-state index contributed by atoms with van der Waals surface area (Å²) in [6.07, 6.45) is 2.85.